The molecule has 0 bridgehead atoms. The average Bonchev–Trinajstić information content (AvgIpc) is 2.59. The summed E-state index contributed by atoms with van der Waals surface area (Å²) in [6, 6.07) is 8.83. The van der Waals surface area contributed by atoms with Crippen molar-refractivity contribution in [3.63, 3.8) is 0 Å². The van der Waals surface area contributed by atoms with E-state index in [1.165, 1.54) is 0 Å². The zero-order chi connectivity index (χ0) is 16.7. The van der Waals surface area contributed by atoms with Crippen molar-refractivity contribution in [3.05, 3.63) is 35.9 Å². The number of carbonyl (C=O) groups excluding carboxylic acids is 2. The van der Waals surface area contributed by atoms with Crippen molar-refractivity contribution in [2.45, 2.75) is 44.4 Å². The van der Waals surface area contributed by atoms with Gasteiger partial charge in [0.1, 0.15) is 6.61 Å². The van der Waals surface area contributed by atoms with Gasteiger partial charge in [0.05, 0.1) is 18.2 Å². The number of unbranched alkanes of at least 4 members (excludes halogenated alkanes) is 1. The Morgan fingerprint density at radius 1 is 1.43 bits per heavy atom. The van der Waals surface area contributed by atoms with Crippen LogP contribution in [0.1, 0.15) is 37.8 Å². The summed E-state index contributed by atoms with van der Waals surface area (Å²) in [5.41, 5.74) is 6.82. The minimum atomic E-state index is -0.497. The van der Waals surface area contributed by atoms with Crippen LogP contribution in [0.4, 0.5) is 0 Å². The molecule has 0 spiro atoms. The lowest BCUT2D eigenvalue weighted by molar-refractivity contribution is -0.137. The van der Waals surface area contributed by atoms with Crippen molar-refractivity contribution in [2.75, 3.05) is 13.2 Å². The number of amides is 2. The van der Waals surface area contributed by atoms with Crippen molar-refractivity contribution < 1.29 is 14.3 Å². The monoisotopic (exact) mass is 319 g/mol. The van der Waals surface area contributed by atoms with E-state index >= 15 is 0 Å². The van der Waals surface area contributed by atoms with E-state index in [0.717, 1.165) is 18.4 Å². The topological polar surface area (TPSA) is 93.5 Å². The van der Waals surface area contributed by atoms with Crippen LogP contribution in [0.5, 0.6) is 0 Å². The molecule has 0 radical (unpaired) electrons. The first-order valence-electron chi connectivity index (χ1n) is 8.11. The molecule has 0 aliphatic carbocycles. The maximum absolute atomic E-state index is 12.0. The van der Waals surface area contributed by atoms with Crippen LogP contribution in [0.25, 0.3) is 0 Å². The van der Waals surface area contributed by atoms with E-state index in [0.29, 0.717) is 13.0 Å². The fourth-order valence-corrected chi connectivity index (χ4v) is 2.61. The lowest BCUT2D eigenvalue weighted by Gasteiger charge is -2.33. The number of rotatable bonds is 7. The van der Waals surface area contributed by atoms with Gasteiger partial charge in [0.25, 0.3) is 0 Å². The van der Waals surface area contributed by atoms with Crippen molar-refractivity contribution in [1.29, 1.82) is 0 Å². The Labute approximate surface area is 136 Å². The molecule has 1 fully saturated rings. The normalized spacial score (nSPS) is 22.3. The lowest BCUT2D eigenvalue weighted by Crippen LogP contribution is -2.52. The minimum absolute atomic E-state index is 0.00571. The van der Waals surface area contributed by atoms with Crippen LogP contribution in [0.2, 0.25) is 0 Å². The molecule has 6 nitrogen and oxygen atoms in total. The number of ether oxygens (including phenoxy) is 1. The molecular formula is C17H25N3O3. The molecule has 1 aliphatic heterocycles. The SMILES string of the molecule is CCCC[C@@H](N)C(=O)NC[C@@H]1OCC(=O)N[C@@H]1c1ccccc1. The summed E-state index contributed by atoms with van der Waals surface area (Å²) < 4.78 is 5.60. The number of morpholine rings is 1. The lowest BCUT2D eigenvalue weighted by atomic mass is 9.99. The second-order valence-corrected chi connectivity index (χ2v) is 5.80. The molecule has 1 aliphatic rings. The number of carbonyl (C=O) groups is 2. The summed E-state index contributed by atoms with van der Waals surface area (Å²) in [6.45, 7) is 2.39. The van der Waals surface area contributed by atoms with Gasteiger partial charge in [-0.2, -0.15) is 0 Å². The van der Waals surface area contributed by atoms with Gasteiger partial charge in [-0.1, -0.05) is 50.1 Å². The van der Waals surface area contributed by atoms with Gasteiger partial charge in [0.15, 0.2) is 0 Å². The highest BCUT2D eigenvalue weighted by Crippen LogP contribution is 2.21. The predicted molar refractivity (Wildman–Crippen MR) is 87.6 cm³/mol. The van der Waals surface area contributed by atoms with Gasteiger partial charge in [-0.15, -0.1) is 0 Å². The van der Waals surface area contributed by atoms with Gasteiger partial charge < -0.3 is 21.1 Å². The van der Waals surface area contributed by atoms with Gasteiger partial charge in [0.2, 0.25) is 11.8 Å². The largest absolute Gasteiger partial charge is 0.364 e. The highest BCUT2D eigenvalue weighted by Gasteiger charge is 2.31. The molecule has 126 valence electrons. The molecule has 1 saturated heterocycles. The van der Waals surface area contributed by atoms with Crippen LogP contribution < -0.4 is 16.4 Å². The summed E-state index contributed by atoms with van der Waals surface area (Å²) >= 11 is 0. The quantitative estimate of drug-likeness (QED) is 0.695. The molecule has 3 atom stereocenters. The first-order valence-corrected chi connectivity index (χ1v) is 8.11. The smallest absolute Gasteiger partial charge is 0.246 e. The van der Waals surface area contributed by atoms with Crippen molar-refractivity contribution in [2.24, 2.45) is 5.73 Å². The van der Waals surface area contributed by atoms with Gasteiger partial charge >= 0.3 is 0 Å². The van der Waals surface area contributed by atoms with Crippen LogP contribution in [0.15, 0.2) is 30.3 Å². The third-order valence-corrected chi connectivity index (χ3v) is 3.96. The highest BCUT2D eigenvalue weighted by molar-refractivity contribution is 5.81. The fourth-order valence-electron chi connectivity index (χ4n) is 2.61. The van der Waals surface area contributed by atoms with E-state index < -0.39 is 6.04 Å². The fraction of sp³-hybridized carbons (Fsp3) is 0.529. The van der Waals surface area contributed by atoms with Crippen LogP contribution in [0, 0.1) is 0 Å². The van der Waals surface area contributed by atoms with E-state index in [2.05, 4.69) is 17.6 Å². The zero-order valence-corrected chi connectivity index (χ0v) is 13.5. The van der Waals surface area contributed by atoms with Crippen molar-refractivity contribution in [3.8, 4) is 0 Å². The van der Waals surface area contributed by atoms with Crippen LogP contribution in [-0.2, 0) is 14.3 Å². The third kappa shape index (κ3) is 5.04. The molecule has 0 saturated carbocycles. The maximum Gasteiger partial charge on any atom is 0.246 e. The molecule has 0 unspecified atom stereocenters. The van der Waals surface area contributed by atoms with E-state index in [4.69, 9.17) is 10.5 Å². The van der Waals surface area contributed by atoms with Crippen LogP contribution >= 0.6 is 0 Å². The molecule has 2 rings (SSSR count). The second kappa shape index (κ2) is 8.64. The minimum Gasteiger partial charge on any atom is -0.364 e. The standard InChI is InChI=1S/C17H25N3O3/c1-2-3-9-13(18)17(22)19-10-14-16(20-15(21)11-23-14)12-7-5-4-6-8-12/h4-8,13-14,16H,2-3,9-11,18H2,1H3,(H,19,22)(H,20,21)/t13-,14+,16-/m1/s1. The molecule has 1 heterocycles. The Bertz CT molecular complexity index is 521. The molecular weight excluding hydrogens is 294 g/mol. The maximum atomic E-state index is 12.0. The predicted octanol–water partition coefficient (Wildman–Crippen LogP) is 0.876. The summed E-state index contributed by atoms with van der Waals surface area (Å²) in [5, 5.41) is 5.76. The van der Waals surface area contributed by atoms with E-state index in [-0.39, 0.29) is 30.6 Å². The average molecular weight is 319 g/mol. The number of hydrogen-bond donors (Lipinski definition) is 3. The van der Waals surface area contributed by atoms with E-state index in [9.17, 15) is 9.59 Å². The Kier molecular flexibility index (Phi) is 6.55. The number of nitrogens with two attached hydrogens (primary N) is 1. The summed E-state index contributed by atoms with van der Waals surface area (Å²) in [6.07, 6.45) is 2.30. The van der Waals surface area contributed by atoms with Crippen molar-refractivity contribution >= 4 is 11.8 Å². The highest BCUT2D eigenvalue weighted by atomic mass is 16.5. The summed E-state index contributed by atoms with van der Waals surface area (Å²) in [7, 11) is 0. The van der Waals surface area contributed by atoms with Gasteiger partial charge in [-0.25, -0.2) is 0 Å². The first-order chi connectivity index (χ1) is 11.1. The molecule has 23 heavy (non-hydrogen) atoms. The molecule has 6 heteroatoms. The summed E-state index contributed by atoms with van der Waals surface area (Å²) in [4.78, 5) is 23.6. The van der Waals surface area contributed by atoms with E-state index in [1.54, 1.807) is 0 Å². The number of nitrogens with one attached hydrogen (secondary N) is 2. The molecule has 4 N–H and O–H groups in total. The Hall–Kier alpha value is -1.92. The van der Waals surface area contributed by atoms with Crippen LogP contribution in [0.3, 0.4) is 0 Å². The first kappa shape index (κ1) is 17.4. The van der Waals surface area contributed by atoms with E-state index in [1.807, 2.05) is 30.3 Å². The summed E-state index contributed by atoms with van der Waals surface area (Å²) in [5.74, 6) is -0.327. The number of hydrogen-bond acceptors (Lipinski definition) is 4. The Morgan fingerprint density at radius 2 is 2.17 bits per heavy atom. The molecule has 0 aromatic heterocycles. The number of benzene rings is 1. The van der Waals surface area contributed by atoms with Crippen LogP contribution in [-0.4, -0.2) is 37.1 Å². The second-order valence-electron chi connectivity index (χ2n) is 5.80. The Balaban J connectivity index is 1.94. The Morgan fingerprint density at radius 3 is 2.87 bits per heavy atom. The van der Waals surface area contributed by atoms with Gasteiger partial charge in [0, 0.05) is 6.54 Å². The molecule has 1 aromatic carbocycles. The van der Waals surface area contributed by atoms with Crippen molar-refractivity contribution in [1.82, 2.24) is 10.6 Å². The molecule has 1 aromatic rings. The van der Waals surface area contributed by atoms with Gasteiger partial charge in [-0.05, 0) is 12.0 Å². The third-order valence-electron chi connectivity index (χ3n) is 3.96. The van der Waals surface area contributed by atoms with Gasteiger partial charge in [-0.3, -0.25) is 9.59 Å². The zero-order valence-electron chi connectivity index (χ0n) is 13.5. The molecule has 2 amide bonds.